The number of hydrogen-bond acceptors (Lipinski definition) is 7. The van der Waals surface area contributed by atoms with Gasteiger partial charge in [0, 0.05) is 55.2 Å². The van der Waals surface area contributed by atoms with E-state index < -0.39 is 0 Å². The number of allylic oxidation sites excluding steroid dienone is 1. The highest BCUT2D eigenvalue weighted by Gasteiger charge is 2.34. The molecule has 35 heavy (non-hydrogen) atoms. The Bertz CT molecular complexity index is 1300. The molecule has 1 fully saturated rings. The number of halogens is 1. The number of piperazine rings is 1. The van der Waals surface area contributed by atoms with E-state index >= 15 is 0 Å². The zero-order valence-electron chi connectivity index (χ0n) is 19.7. The minimum Gasteiger partial charge on any atom is -0.496 e. The SMILES string of the molecule is COc1ccc([C@@H]2C(C#N)=C(N)Oc3n[nH]c(C)c32)cc1CN1CCN(c2ccc(F)cc2)CC1. The maximum atomic E-state index is 13.3. The second kappa shape index (κ2) is 9.31. The molecule has 0 spiro atoms. The van der Waals surface area contributed by atoms with Crippen LogP contribution >= 0.6 is 0 Å². The second-order valence-corrected chi connectivity index (χ2v) is 8.80. The number of hydrogen-bond donors (Lipinski definition) is 2. The third-order valence-corrected chi connectivity index (χ3v) is 6.73. The van der Waals surface area contributed by atoms with Crippen molar-refractivity contribution in [1.82, 2.24) is 15.1 Å². The Morgan fingerprint density at radius 2 is 1.94 bits per heavy atom. The maximum absolute atomic E-state index is 13.3. The average Bonchev–Trinajstić information content (AvgIpc) is 3.24. The van der Waals surface area contributed by atoms with E-state index in [0.29, 0.717) is 18.0 Å². The molecule has 3 N–H and O–H groups in total. The molecule has 0 amide bonds. The number of nitrogens with two attached hydrogens (primary N) is 1. The summed E-state index contributed by atoms with van der Waals surface area (Å²) in [5.41, 5.74) is 11.1. The summed E-state index contributed by atoms with van der Waals surface area (Å²) < 4.78 is 24.5. The van der Waals surface area contributed by atoms with Gasteiger partial charge in [0.2, 0.25) is 11.8 Å². The molecule has 0 radical (unpaired) electrons. The van der Waals surface area contributed by atoms with Crippen LogP contribution in [-0.4, -0.2) is 48.4 Å². The number of benzene rings is 2. The number of ether oxygens (including phenoxy) is 2. The van der Waals surface area contributed by atoms with Gasteiger partial charge in [0.15, 0.2) is 0 Å². The van der Waals surface area contributed by atoms with Crippen molar-refractivity contribution in [2.45, 2.75) is 19.4 Å². The Morgan fingerprint density at radius 1 is 1.20 bits per heavy atom. The highest BCUT2D eigenvalue weighted by atomic mass is 19.1. The topological polar surface area (TPSA) is 103 Å². The number of aromatic amines is 1. The van der Waals surface area contributed by atoms with Gasteiger partial charge in [0.25, 0.3) is 0 Å². The molecule has 2 aliphatic heterocycles. The molecule has 2 aliphatic rings. The van der Waals surface area contributed by atoms with Gasteiger partial charge in [-0.1, -0.05) is 6.07 Å². The first-order valence-corrected chi connectivity index (χ1v) is 11.5. The average molecular weight is 475 g/mol. The molecule has 1 aromatic heterocycles. The van der Waals surface area contributed by atoms with E-state index in [1.54, 1.807) is 7.11 Å². The first-order valence-electron chi connectivity index (χ1n) is 11.5. The van der Waals surface area contributed by atoms with Gasteiger partial charge in [0.05, 0.1) is 13.0 Å². The van der Waals surface area contributed by atoms with Crippen molar-refractivity contribution in [3.63, 3.8) is 0 Å². The molecule has 3 aromatic rings. The lowest BCUT2D eigenvalue weighted by molar-refractivity contribution is 0.246. The van der Waals surface area contributed by atoms with Crippen LogP contribution in [0, 0.1) is 24.1 Å². The van der Waals surface area contributed by atoms with E-state index in [1.165, 1.54) is 12.1 Å². The van der Waals surface area contributed by atoms with E-state index in [9.17, 15) is 9.65 Å². The van der Waals surface area contributed by atoms with Crippen LogP contribution in [0.25, 0.3) is 0 Å². The Morgan fingerprint density at radius 3 is 2.63 bits per heavy atom. The fourth-order valence-electron chi connectivity index (χ4n) is 4.89. The van der Waals surface area contributed by atoms with E-state index in [0.717, 1.165) is 60.0 Å². The number of fused-ring (bicyclic) bond motifs is 1. The Labute approximate surface area is 203 Å². The standard InChI is InChI=1S/C26H27FN6O2/c1-16-23-24(21(14-28)25(29)35-26(23)31-30-16)17-3-8-22(34-2)18(13-17)15-32-9-11-33(12-10-32)20-6-4-19(27)5-7-20/h3-8,13,24H,9-12,15,29H2,1-2H3,(H,30,31)/t24-/m1/s1. The smallest absolute Gasteiger partial charge is 0.244 e. The number of H-pyrrole nitrogens is 1. The summed E-state index contributed by atoms with van der Waals surface area (Å²) in [5, 5.41) is 17.0. The molecule has 3 heterocycles. The minimum absolute atomic E-state index is 0.0748. The van der Waals surface area contributed by atoms with Gasteiger partial charge < -0.3 is 20.1 Å². The number of anilines is 1. The zero-order chi connectivity index (χ0) is 24.5. The molecular formula is C26H27FN6O2. The van der Waals surface area contributed by atoms with Gasteiger partial charge in [-0.3, -0.25) is 10.00 Å². The normalized spacial score (nSPS) is 18.1. The Kier molecular flexibility index (Phi) is 6.05. The van der Waals surface area contributed by atoms with Crippen LogP contribution in [0.3, 0.4) is 0 Å². The number of rotatable bonds is 5. The van der Waals surface area contributed by atoms with Crippen molar-refractivity contribution in [2.75, 3.05) is 38.2 Å². The predicted octanol–water partition coefficient (Wildman–Crippen LogP) is 3.41. The molecule has 8 nitrogen and oxygen atoms in total. The fraction of sp³-hybridized carbons (Fsp3) is 0.308. The van der Waals surface area contributed by atoms with Gasteiger partial charge in [-0.05, 0) is 48.9 Å². The van der Waals surface area contributed by atoms with Gasteiger partial charge in [-0.25, -0.2) is 4.39 Å². The molecular weight excluding hydrogens is 447 g/mol. The minimum atomic E-state index is -0.373. The third kappa shape index (κ3) is 4.29. The molecule has 0 unspecified atom stereocenters. The number of aryl methyl sites for hydroxylation is 1. The van der Waals surface area contributed by atoms with Crippen molar-refractivity contribution in [3.05, 3.63) is 82.1 Å². The molecule has 2 aromatic carbocycles. The number of nitriles is 1. The van der Waals surface area contributed by atoms with E-state index in [1.807, 2.05) is 31.2 Å². The van der Waals surface area contributed by atoms with Crippen LogP contribution in [0.5, 0.6) is 11.6 Å². The molecule has 1 saturated heterocycles. The lowest BCUT2D eigenvalue weighted by Gasteiger charge is -2.36. The number of aromatic nitrogens is 2. The van der Waals surface area contributed by atoms with Crippen LogP contribution < -0.4 is 20.1 Å². The highest BCUT2D eigenvalue weighted by molar-refractivity contribution is 5.56. The monoisotopic (exact) mass is 474 g/mol. The van der Waals surface area contributed by atoms with E-state index in [-0.39, 0.29) is 17.6 Å². The van der Waals surface area contributed by atoms with Gasteiger partial charge in [0.1, 0.15) is 23.2 Å². The molecule has 180 valence electrons. The number of nitrogens with zero attached hydrogens (tertiary/aromatic N) is 4. The van der Waals surface area contributed by atoms with Gasteiger partial charge in [-0.15, -0.1) is 5.10 Å². The van der Waals surface area contributed by atoms with Crippen LogP contribution in [0.4, 0.5) is 10.1 Å². The first kappa shape index (κ1) is 22.7. The highest BCUT2D eigenvalue weighted by Crippen LogP contribution is 2.43. The predicted molar refractivity (Wildman–Crippen MR) is 130 cm³/mol. The largest absolute Gasteiger partial charge is 0.496 e. The van der Waals surface area contributed by atoms with E-state index in [2.05, 4.69) is 32.1 Å². The van der Waals surface area contributed by atoms with E-state index in [4.69, 9.17) is 15.2 Å². The van der Waals surface area contributed by atoms with Gasteiger partial charge >= 0.3 is 0 Å². The first-order chi connectivity index (χ1) is 17.0. The Balaban J connectivity index is 1.39. The van der Waals surface area contributed by atoms with Crippen molar-refractivity contribution in [2.24, 2.45) is 5.73 Å². The molecule has 1 atom stereocenters. The summed E-state index contributed by atoms with van der Waals surface area (Å²) in [7, 11) is 1.66. The Hall–Kier alpha value is -4.03. The van der Waals surface area contributed by atoms with Crippen LogP contribution in [-0.2, 0) is 6.54 Å². The quantitative estimate of drug-likeness (QED) is 0.584. The molecule has 5 rings (SSSR count). The third-order valence-electron chi connectivity index (χ3n) is 6.73. The second-order valence-electron chi connectivity index (χ2n) is 8.80. The summed E-state index contributed by atoms with van der Waals surface area (Å²) >= 11 is 0. The maximum Gasteiger partial charge on any atom is 0.244 e. The molecule has 9 heteroatoms. The van der Waals surface area contributed by atoms with Crippen molar-refractivity contribution in [1.29, 1.82) is 5.26 Å². The summed E-state index contributed by atoms with van der Waals surface area (Å²) in [6.07, 6.45) is 0. The fourth-order valence-corrected chi connectivity index (χ4v) is 4.89. The number of nitrogens with one attached hydrogen (secondary N) is 1. The summed E-state index contributed by atoms with van der Waals surface area (Å²) in [6, 6.07) is 14.9. The van der Waals surface area contributed by atoms with Crippen LogP contribution in [0.1, 0.15) is 28.3 Å². The summed E-state index contributed by atoms with van der Waals surface area (Å²) in [5.74, 6) is 0.672. The molecule has 0 bridgehead atoms. The lowest BCUT2D eigenvalue weighted by atomic mass is 9.83. The van der Waals surface area contributed by atoms with Crippen LogP contribution in [0.2, 0.25) is 0 Å². The summed E-state index contributed by atoms with van der Waals surface area (Å²) in [4.78, 5) is 4.64. The lowest BCUT2D eigenvalue weighted by Crippen LogP contribution is -2.46. The van der Waals surface area contributed by atoms with Gasteiger partial charge in [-0.2, -0.15) is 5.26 Å². The van der Waals surface area contributed by atoms with Crippen LogP contribution in [0.15, 0.2) is 53.9 Å². The van der Waals surface area contributed by atoms with Crippen molar-refractivity contribution in [3.8, 4) is 17.7 Å². The van der Waals surface area contributed by atoms with Crippen molar-refractivity contribution < 1.29 is 13.9 Å². The van der Waals surface area contributed by atoms with Crippen molar-refractivity contribution >= 4 is 5.69 Å². The zero-order valence-corrected chi connectivity index (χ0v) is 19.7. The summed E-state index contributed by atoms with van der Waals surface area (Å²) in [6.45, 7) is 6.04. The molecule has 0 aliphatic carbocycles. The molecule has 0 saturated carbocycles. The number of methoxy groups -OCH3 is 1.